The van der Waals surface area contributed by atoms with Crippen LogP contribution in [-0.2, 0) is 17.9 Å². The van der Waals surface area contributed by atoms with Gasteiger partial charge in [0.2, 0.25) is 5.91 Å². The zero-order chi connectivity index (χ0) is 19.9. The fourth-order valence-electron chi connectivity index (χ4n) is 3.25. The number of amides is 4. The molecule has 3 rings (SSSR count). The molecule has 0 bridgehead atoms. The molecule has 1 fully saturated rings. The van der Waals surface area contributed by atoms with Crippen LogP contribution in [0.2, 0.25) is 0 Å². The summed E-state index contributed by atoms with van der Waals surface area (Å²) < 4.78 is 0. The van der Waals surface area contributed by atoms with Crippen LogP contribution in [0.1, 0.15) is 27.9 Å². The van der Waals surface area contributed by atoms with Crippen LogP contribution in [0.25, 0.3) is 0 Å². The number of carbonyl (C=O) groups excluding carboxylic acids is 3. The maximum Gasteiger partial charge on any atom is 0.312 e. The number of likely N-dealkylation sites (tertiary alicyclic amines) is 1. The molecule has 4 N–H and O–H groups in total. The highest BCUT2D eigenvalue weighted by Crippen LogP contribution is 2.19. The van der Waals surface area contributed by atoms with Crippen LogP contribution in [0.3, 0.4) is 0 Å². The van der Waals surface area contributed by atoms with Crippen molar-refractivity contribution in [2.75, 3.05) is 13.1 Å². The quantitative estimate of drug-likeness (QED) is 0.680. The van der Waals surface area contributed by atoms with Crippen LogP contribution in [0.15, 0.2) is 54.6 Å². The van der Waals surface area contributed by atoms with Crippen LogP contribution in [0.4, 0.5) is 4.79 Å². The first-order valence-electron chi connectivity index (χ1n) is 9.23. The van der Waals surface area contributed by atoms with Gasteiger partial charge in [0.1, 0.15) is 0 Å². The fourth-order valence-corrected chi connectivity index (χ4v) is 3.25. The highest BCUT2D eigenvalue weighted by atomic mass is 16.2. The molecule has 0 radical (unpaired) electrons. The van der Waals surface area contributed by atoms with Gasteiger partial charge in [-0.2, -0.15) is 0 Å². The fraction of sp³-hybridized carbons (Fsp3) is 0.286. The summed E-state index contributed by atoms with van der Waals surface area (Å²) in [6.07, 6.45) is 0.449. The number of nitrogens with zero attached hydrogens (tertiary/aromatic N) is 1. The van der Waals surface area contributed by atoms with Gasteiger partial charge in [-0.1, -0.05) is 42.5 Å². The number of benzene rings is 2. The van der Waals surface area contributed by atoms with E-state index in [9.17, 15) is 14.4 Å². The van der Waals surface area contributed by atoms with E-state index in [4.69, 9.17) is 5.73 Å². The average molecular weight is 380 g/mol. The van der Waals surface area contributed by atoms with Gasteiger partial charge < -0.3 is 21.3 Å². The molecule has 0 saturated carbocycles. The summed E-state index contributed by atoms with van der Waals surface area (Å²) in [6, 6.07) is 16.2. The van der Waals surface area contributed by atoms with E-state index in [2.05, 4.69) is 10.6 Å². The summed E-state index contributed by atoms with van der Waals surface area (Å²) in [5, 5.41) is 5.41. The summed E-state index contributed by atoms with van der Waals surface area (Å²) in [7, 11) is 0. The first-order valence-corrected chi connectivity index (χ1v) is 9.23. The Balaban J connectivity index is 1.47. The van der Waals surface area contributed by atoms with Gasteiger partial charge in [-0.25, -0.2) is 4.79 Å². The molecule has 7 heteroatoms. The van der Waals surface area contributed by atoms with E-state index in [-0.39, 0.29) is 17.7 Å². The van der Waals surface area contributed by atoms with Crippen LogP contribution < -0.4 is 16.4 Å². The molecular formula is C21H24N4O3. The minimum Gasteiger partial charge on any atom is -0.352 e. The van der Waals surface area contributed by atoms with Gasteiger partial charge in [-0.3, -0.25) is 9.59 Å². The first-order chi connectivity index (χ1) is 13.5. The number of hydrogen-bond donors (Lipinski definition) is 3. The van der Waals surface area contributed by atoms with Crippen molar-refractivity contribution in [3.8, 4) is 0 Å². The van der Waals surface area contributed by atoms with Gasteiger partial charge in [0, 0.05) is 44.1 Å². The average Bonchev–Trinajstić information content (AvgIpc) is 3.05. The van der Waals surface area contributed by atoms with Crippen LogP contribution in [0, 0.1) is 5.92 Å². The molecule has 2 aromatic rings. The summed E-state index contributed by atoms with van der Waals surface area (Å²) in [4.78, 5) is 37.1. The second-order valence-corrected chi connectivity index (χ2v) is 6.95. The highest BCUT2D eigenvalue weighted by Gasteiger charge is 2.29. The number of rotatable bonds is 7. The van der Waals surface area contributed by atoms with Crippen molar-refractivity contribution in [1.29, 1.82) is 0 Å². The van der Waals surface area contributed by atoms with Crippen molar-refractivity contribution < 1.29 is 14.4 Å². The lowest BCUT2D eigenvalue weighted by Crippen LogP contribution is -2.31. The molecule has 1 aliphatic heterocycles. The maximum absolute atomic E-state index is 12.3. The molecule has 1 aliphatic rings. The predicted molar refractivity (Wildman–Crippen MR) is 105 cm³/mol. The van der Waals surface area contributed by atoms with Gasteiger partial charge in [0.15, 0.2) is 0 Å². The minimum absolute atomic E-state index is 0.110. The minimum atomic E-state index is -0.589. The standard InChI is InChI=1S/C21H24N4O3/c22-21(28)24-11-15-6-8-18(9-7-15)20(27)23-12-17-10-19(26)25(14-17)13-16-4-2-1-3-5-16/h1-9,17H,10-14H2,(H,23,27)(H3,22,24,28). The van der Waals surface area contributed by atoms with Crippen molar-refractivity contribution in [2.24, 2.45) is 11.7 Å². The molecule has 0 aromatic heterocycles. The molecule has 1 saturated heterocycles. The van der Waals surface area contributed by atoms with E-state index in [1.54, 1.807) is 24.3 Å². The molecule has 0 spiro atoms. The SMILES string of the molecule is NC(=O)NCc1ccc(C(=O)NCC2CC(=O)N(Cc3ccccc3)C2)cc1. The molecule has 2 aromatic carbocycles. The number of urea groups is 1. The van der Waals surface area contributed by atoms with E-state index in [1.807, 2.05) is 35.2 Å². The number of nitrogens with one attached hydrogen (secondary N) is 2. The van der Waals surface area contributed by atoms with Gasteiger partial charge in [-0.15, -0.1) is 0 Å². The molecule has 28 heavy (non-hydrogen) atoms. The van der Waals surface area contributed by atoms with Crippen LogP contribution in [0.5, 0.6) is 0 Å². The lowest BCUT2D eigenvalue weighted by atomic mass is 10.1. The second kappa shape index (κ2) is 9.03. The maximum atomic E-state index is 12.3. The van der Waals surface area contributed by atoms with Crippen LogP contribution in [-0.4, -0.2) is 35.8 Å². The highest BCUT2D eigenvalue weighted by molar-refractivity contribution is 5.94. The van der Waals surface area contributed by atoms with Crippen molar-refractivity contribution in [3.63, 3.8) is 0 Å². The van der Waals surface area contributed by atoms with E-state index in [1.165, 1.54) is 0 Å². The third kappa shape index (κ3) is 5.33. The molecular weight excluding hydrogens is 356 g/mol. The lowest BCUT2D eigenvalue weighted by Gasteiger charge is -2.17. The Morgan fingerprint density at radius 3 is 2.39 bits per heavy atom. The van der Waals surface area contributed by atoms with E-state index < -0.39 is 6.03 Å². The Bertz CT molecular complexity index is 836. The summed E-state index contributed by atoms with van der Waals surface area (Å²) >= 11 is 0. The van der Waals surface area contributed by atoms with Gasteiger partial charge >= 0.3 is 6.03 Å². The van der Waals surface area contributed by atoms with E-state index >= 15 is 0 Å². The lowest BCUT2D eigenvalue weighted by molar-refractivity contribution is -0.128. The zero-order valence-electron chi connectivity index (χ0n) is 15.6. The van der Waals surface area contributed by atoms with Gasteiger partial charge in [0.05, 0.1) is 0 Å². The summed E-state index contributed by atoms with van der Waals surface area (Å²) in [6.45, 7) is 2.02. The van der Waals surface area contributed by atoms with E-state index in [0.717, 1.165) is 11.1 Å². The Morgan fingerprint density at radius 1 is 1.00 bits per heavy atom. The summed E-state index contributed by atoms with van der Waals surface area (Å²) in [5.74, 6) is 0.0528. The number of carbonyl (C=O) groups is 3. The largest absolute Gasteiger partial charge is 0.352 e. The molecule has 1 atom stereocenters. The topological polar surface area (TPSA) is 105 Å². The predicted octanol–water partition coefficient (Wildman–Crippen LogP) is 1.63. The number of hydrogen-bond acceptors (Lipinski definition) is 3. The monoisotopic (exact) mass is 380 g/mol. The third-order valence-electron chi connectivity index (χ3n) is 4.75. The zero-order valence-corrected chi connectivity index (χ0v) is 15.6. The van der Waals surface area contributed by atoms with Crippen molar-refractivity contribution in [1.82, 2.24) is 15.5 Å². The Kier molecular flexibility index (Phi) is 6.26. The molecule has 7 nitrogen and oxygen atoms in total. The van der Waals surface area contributed by atoms with Crippen molar-refractivity contribution in [3.05, 3.63) is 71.3 Å². The van der Waals surface area contributed by atoms with E-state index in [0.29, 0.717) is 38.2 Å². The second-order valence-electron chi connectivity index (χ2n) is 6.95. The molecule has 4 amide bonds. The number of nitrogens with two attached hydrogens (primary N) is 1. The van der Waals surface area contributed by atoms with Gasteiger partial charge in [0.25, 0.3) is 5.91 Å². The normalized spacial score (nSPS) is 16.1. The third-order valence-corrected chi connectivity index (χ3v) is 4.75. The molecule has 146 valence electrons. The Morgan fingerprint density at radius 2 is 1.71 bits per heavy atom. The smallest absolute Gasteiger partial charge is 0.312 e. The summed E-state index contributed by atoms with van der Waals surface area (Å²) in [5.41, 5.74) is 7.53. The molecule has 1 unspecified atom stereocenters. The van der Waals surface area contributed by atoms with Crippen molar-refractivity contribution in [2.45, 2.75) is 19.5 Å². The number of primary amides is 1. The van der Waals surface area contributed by atoms with Crippen LogP contribution >= 0.6 is 0 Å². The Hall–Kier alpha value is -3.35. The van der Waals surface area contributed by atoms with Crippen molar-refractivity contribution >= 4 is 17.8 Å². The molecule has 1 heterocycles. The Labute approximate surface area is 163 Å². The van der Waals surface area contributed by atoms with Gasteiger partial charge in [-0.05, 0) is 23.3 Å². The first kappa shape index (κ1) is 19.4. The molecule has 0 aliphatic carbocycles.